The molecule has 5 heteroatoms. The summed E-state index contributed by atoms with van der Waals surface area (Å²) in [5, 5.41) is 2.72. The molecule has 1 atom stereocenters. The first-order valence-electron chi connectivity index (χ1n) is 7.86. The molecule has 128 valence electrons. The normalized spacial score (nSPS) is 11.9. The molecule has 0 aromatic heterocycles. The Morgan fingerprint density at radius 2 is 1.54 bits per heavy atom. The third kappa shape index (κ3) is 5.49. The van der Waals surface area contributed by atoms with Gasteiger partial charge < -0.3 is 14.8 Å². The molecule has 0 spiro atoms. The van der Waals surface area contributed by atoms with Crippen molar-refractivity contribution in [2.24, 2.45) is 0 Å². The molecule has 0 radical (unpaired) electrons. The van der Waals surface area contributed by atoms with E-state index >= 15 is 0 Å². The van der Waals surface area contributed by atoms with Crippen molar-refractivity contribution in [1.82, 2.24) is 0 Å². The minimum absolute atomic E-state index is 0.0339. The highest BCUT2D eigenvalue weighted by Gasteiger charge is 2.14. The fraction of sp³-hybridized carbons (Fsp3) is 0.316. The molecule has 0 fully saturated rings. The summed E-state index contributed by atoms with van der Waals surface area (Å²) in [4.78, 5) is 13.3. The number of hydrogen-bond acceptors (Lipinski definition) is 4. The average molecular weight is 345 g/mol. The van der Waals surface area contributed by atoms with Crippen LogP contribution in [0.3, 0.4) is 0 Å². The standard InChI is InChI=1S/C19H23NO3S/c1-13(2)23-17-7-5-15(6-8-17)20-19(21)14(3)24-18-11-9-16(22-4)10-12-18/h5-14H,1-4H3,(H,20,21)/t14-/m0/s1. The van der Waals surface area contributed by atoms with E-state index in [0.29, 0.717) is 0 Å². The van der Waals surface area contributed by atoms with Crippen LogP contribution < -0.4 is 14.8 Å². The summed E-state index contributed by atoms with van der Waals surface area (Å²) in [5.74, 6) is 1.57. The number of amides is 1. The van der Waals surface area contributed by atoms with Gasteiger partial charge in [-0.1, -0.05) is 0 Å². The number of carbonyl (C=O) groups is 1. The molecule has 0 bridgehead atoms. The molecule has 0 unspecified atom stereocenters. The predicted octanol–water partition coefficient (Wildman–Crippen LogP) is 4.60. The quantitative estimate of drug-likeness (QED) is 0.745. The second-order valence-electron chi connectivity index (χ2n) is 5.62. The van der Waals surface area contributed by atoms with Gasteiger partial charge in [-0.3, -0.25) is 4.79 Å². The van der Waals surface area contributed by atoms with Gasteiger partial charge in [-0.2, -0.15) is 0 Å². The topological polar surface area (TPSA) is 47.6 Å². The predicted molar refractivity (Wildman–Crippen MR) is 99.1 cm³/mol. The van der Waals surface area contributed by atoms with E-state index in [1.807, 2.05) is 69.3 Å². The first kappa shape index (κ1) is 18.2. The van der Waals surface area contributed by atoms with Gasteiger partial charge in [0, 0.05) is 10.6 Å². The van der Waals surface area contributed by atoms with Crippen molar-refractivity contribution in [2.75, 3.05) is 12.4 Å². The summed E-state index contributed by atoms with van der Waals surface area (Å²) >= 11 is 1.51. The lowest BCUT2D eigenvalue weighted by atomic mass is 10.3. The van der Waals surface area contributed by atoms with Crippen molar-refractivity contribution in [3.8, 4) is 11.5 Å². The van der Waals surface area contributed by atoms with Crippen LogP contribution in [0.5, 0.6) is 11.5 Å². The average Bonchev–Trinajstić information content (AvgIpc) is 2.56. The van der Waals surface area contributed by atoms with Crippen molar-refractivity contribution in [3.05, 3.63) is 48.5 Å². The van der Waals surface area contributed by atoms with Gasteiger partial charge in [-0.05, 0) is 69.3 Å². The maximum Gasteiger partial charge on any atom is 0.237 e. The van der Waals surface area contributed by atoms with E-state index in [4.69, 9.17) is 9.47 Å². The molecule has 1 N–H and O–H groups in total. The monoisotopic (exact) mass is 345 g/mol. The lowest BCUT2D eigenvalue weighted by Gasteiger charge is -2.13. The number of hydrogen-bond donors (Lipinski definition) is 1. The van der Waals surface area contributed by atoms with Crippen LogP contribution in [0.1, 0.15) is 20.8 Å². The Labute approximate surface area is 147 Å². The number of methoxy groups -OCH3 is 1. The van der Waals surface area contributed by atoms with Gasteiger partial charge >= 0.3 is 0 Å². The van der Waals surface area contributed by atoms with E-state index < -0.39 is 0 Å². The lowest BCUT2D eigenvalue weighted by molar-refractivity contribution is -0.115. The Hall–Kier alpha value is -2.14. The summed E-state index contributed by atoms with van der Waals surface area (Å²) < 4.78 is 10.7. The van der Waals surface area contributed by atoms with Crippen LogP contribution in [0, 0.1) is 0 Å². The molecule has 0 saturated carbocycles. The highest BCUT2D eigenvalue weighted by atomic mass is 32.2. The van der Waals surface area contributed by atoms with Gasteiger partial charge in [0.05, 0.1) is 18.5 Å². The molecular formula is C19H23NO3S. The minimum Gasteiger partial charge on any atom is -0.497 e. The summed E-state index contributed by atoms with van der Waals surface area (Å²) in [7, 11) is 1.63. The van der Waals surface area contributed by atoms with Gasteiger partial charge in [0.15, 0.2) is 0 Å². The minimum atomic E-state index is -0.204. The van der Waals surface area contributed by atoms with Gasteiger partial charge in [0.2, 0.25) is 5.91 Å². The summed E-state index contributed by atoms with van der Waals surface area (Å²) in [5.41, 5.74) is 0.762. The zero-order valence-electron chi connectivity index (χ0n) is 14.4. The highest BCUT2D eigenvalue weighted by molar-refractivity contribution is 8.00. The number of carbonyl (C=O) groups excluding carboxylic acids is 1. The van der Waals surface area contributed by atoms with Crippen LogP contribution in [-0.4, -0.2) is 24.4 Å². The second kappa shape index (κ2) is 8.64. The lowest BCUT2D eigenvalue weighted by Crippen LogP contribution is -2.22. The molecule has 0 aliphatic carbocycles. The Morgan fingerprint density at radius 3 is 2.08 bits per heavy atom. The molecule has 2 rings (SSSR count). The molecule has 0 aliphatic heterocycles. The second-order valence-corrected chi connectivity index (χ2v) is 7.03. The summed E-state index contributed by atoms with van der Waals surface area (Å²) in [6.07, 6.45) is 0.131. The third-order valence-corrected chi connectivity index (χ3v) is 4.35. The maximum atomic E-state index is 12.3. The number of ether oxygens (including phenoxy) is 2. The largest absolute Gasteiger partial charge is 0.497 e. The summed E-state index contributed by atoms with van der Waals surface area (Å²) in [6, 6.07) is 15.1. The number of anilines is 1. The smallest absolute Gasteiger partial charge is 0.237 e. The molecule has 2 aromatic rings. The van der Waals surface area contributed by atoms with E-state index in [-0.39, 0.29) is 17.3 Å². The van der Waals surface area contributed by atoms with Crippen LogP contribution in [0.4, 0.5) is 5.69 Å². The van der Waals surface area contributed by atoms with Crippen LogP contribution in [-0.2, 0) is 4.79 Å². The van der Waals surface area contributed by atoms with E-state index in [1.54, 1.807) is 7.11 Å². The number of thioether (sulfide) groups is 1. The molecule has 1 amide bonds. The molecule has 4 nitrogen and oxygen atoms in total. The highest BCUT2D eigenvalue weighted by Crippen LogP contribution is 2.26. The Balaban J connectivity index is 1.90. The Bertz CT molecular complexity index is 653. The Morgan fingerprint density at radius 1 is 0.958 bits per heavy atom. The van der Waals surface area contributed by atoms with Crippen molar-refractivity contribution in [2.45, 2.75) is 37.0 Å². The number of nitrogens with one attached hydrogen (secondary N) is 1. The number of benzene rings is 2. The van der Waals surface area contributed by atoms with E-state index in [0.717, 1.165) is 22.1 Å². The van der Waals surface area contributed by atoms with Gasteiger partial charge in [-0.25, -0.2) is 0 Å². The molecule has 0 aliphatic rings. The number of rotatable bonds is 7. The zero-order valence-corrected chi connectivity index (χ0v) is 15.2. The van der Waals surface area contributed by atoms with Crippen molar-refractivity contribution in [1.29, 1.82) is 0 Å². The van der Waals surface area contributed by atoms with Crippen molar-refractivity contribution >= 4 is 23.4 Å². The van der Waals surface area contributed by atoms with Crippen LogP contribution in [0.15, 0.2) is 53.4 Å². The maximum absolute atomic E-state index is 12.3. The molecular weight excluding hydrogens is 322 g/mol. The third-order valence-electron chi connectivity index (χ3n) is 3.24. The van der Waals surface area contributed by atoms with Crippen LogP contribution in [0.2, 0.25) is 0 Å². The van der Waals surface area contributed by atoms with Gasteiger partial charge in [0.1, 0.15) is 11.5 Å². The van der Waals surface area contributed by atoms with Crippen LogP contribution in [0.25, 0.3) is 0 Å². The van der Waals surface area contributed by atoms with E-state index in [1.165, 1.54) is 11.8 Å². The molecule has 0 heterocycles. The van der Waals surface area contributed by atoms with Gasteiger partial charge in [0.25, 0.3) is 0 Å². The van der Waals surface area contributed by atoms with Crippen LogP contribution >= 0.6 is 11.8 Å². The van der Waals surface area contributed by atoms with E-state index in [2.05, 4.69) is 5.32 Å². The Kier molecular flexibility index (Phi) is 6.55. The fourth-order valence-electron chi connectivity index (χ4n) is 2.04. The first-order valence-corrected chi connectivity index (χ1v) is 8.74. The molecule has 0 saturated heterocycles. The zero-order chi connectivity index (χ0) is 17.5. The first-order chi connectivity index (χ1) is 11.5. The van der Waals surface area contributed by atoms with Gasteiger partial charge in [-0.15, -0.1) is 11.8 Å². The van der Waals surface area contributed by atoms with Crippen molar-refractivity contribution in [3.63, 3.8) is 0 Å². The SMILES string of the molecule is COc1ccc(S[C@@H](C)C(=O)Nc2ccc(OC(C)C)cc2)cc1. The van der Waals surface area contributed by atoms with Crippen molar-refractivity contribution < 1.29 is 14.3 Å². The summed E-state index contributed by atoms with van der Waals surface area (Å²) in [6.45, 7) is 5.85. The fourth-order valence-corrected chi connectivity index (χ4v) is 2.91. The molecule has 2 aromatic carbocycles. The molecule has 24 heavy (non-hydrogen) atoms. The van der Waals surface area contributed by atoms with E-state index in [9.17, 15) is 4.79 Å².